The largest absolute Gasteiger partial charge is 0.383 e. The summed E-state index contributed by atoms with van der Waals surface area (Å²) in [5.41, 5.74) is 3.33. The average molecular weight is 259 g/mol. The normalized spacial score (nSPS) is 12.7. The minimum atomic E-state index is 0.294. The van der Waals surface area contributed by atoms with Crippen LogP contribution in [0.25, 0.3) is 0 Å². The Morgan fingerprint density at radius 3 is 2.79 bits per heavy atom. The number of nitrogens with zero attached hydrogens (tertiary/aromatic N) is 4. The van der Waals surface area contributed by atoms with Gasteiger partial charge in [0.05, 0.1) is 12.2 Å². The molecular formula is C14H21N5. The maximum atomic E-state index is 4.24. The summed E-state index contributed by atoms with van der Waals surface area (Å²) < 4.78 is 1.84. The van der Waals surface area contributed by atoms with E-state index < -0.39 is 0 Å². The lowest BCUT2D eigenvalue weighted by molar-refractivity contribution is 0.311. The molecule has 2 aromatic rings. The summed E-state index contributed by atoms with van der Waals surface area (Å²) in [4.78, 5) is 6.39. The summed E-state index contributed by atoms with van der Waals surface area (Å²) in [5, 5.41) is 7.70. The van der Waals surface area contributed by atoms with E-state index in [2.05, 4.69) is 46.7 Å². The first-order chi connectivity index (χ1) is 9.06. The van der Waals surface area contributed by atoms with E-state index >= 15 is 0 Å². The second kappa shape index (κ2) is 5.84. The van der Waals surface area contributed by atoms with Crippen LogP contribution in [0, 0.1) is 6.92 Å². The topological polar surface area (TPSA) is 46.0 Å². The number of likely N-dealkylation sites (N-methyl/N-ethyl adjacent to an activating group) is 1. The Morgan fingerprint density at radius 1 is 1.42 bits per heavy atom. The van der Waals surface area contributed by atoms with Gasteiger partial charge in [0.1, 0.15) is 0 Å². The number of rotatable bonds is 5. The molecule has 2 heterocycles. The van der Waals surface area contributed by atoms with Crippen LogP contribution in [0.5, 0.6) is 0 Å². The van der Waals surface area contributed by atoms with Crippen molar-refractivity contribution in [3.8, 4) is 0 Å². The monoisotopic (exact) mass is 259 g/mol. The Bertz CT molecular complexity index is 532. The molecule has 0 fully saturated rings. The molecule has 1 unspecified atom stereocenters. The predicted molar refractivity (Wildman–Crippen MR) is 77.1 cm³/mol. The molecule has 0 spiro atoms. The highest BCUT2D eigenvalue weighted by atomic mass is 15.2. The Balaban J connectivity index is 2.06. The molecule has 0 aromatic carbocycles. The number of hydrogen-bond acceptors (Lipinski definition) is 4. The zero-order valence-corrected chi connectivity index (χ0v) is 12.0. The van der Waals surface area contributed by atoms with Gasteiger partial charge in [-0.25, -0.2) is 0 Å². The van der Waals surface area contributed by atoms with Crippen molar-refractivity contribution in [3.05, 3.63) is 42.0 Å². The van der Waals surface area contributed by atoms with Gasteiger partial charge >= 0.3 is 0 Å². The molecule has 0 saturated carbocycles. The van der Waals surface area contributed by atoms with Gasteiger partial charge in [-0.1, -0.05) is 0 Å². The maximum Gasteiger partial charge on any atom is 0.0547 e. The van der Waals surface area contributed by atoms with Gasteiger partial charge in [0, 0.05) is 42.9 Å². The molecule has 0 bridgehead atoms. The van der Waals surface area contributed by atoms with E-state index in [0.717, 1.165) is 17.9 Å². The van der Waals surface area contributed by atoms with E-state index in [9.17, 15) is 0 Å². The van der Waals surface area contributed by atoms with Crippen molar-refractivity contribution >= 4 is 5.69 Å². The van der Waals surface area contributed by atoms with Crippen molar-refractivity contribution in [2.45, 2.75) is 13.0 Å². The van der Waals surface area contributed by atoms with Gasteiger partial charge < -0.3 is 10.2 Å². The van der Waals surface area contributed by atoms with Crippen LogP contribution >= 0.6 is 0 Å². The first-order valence-corrected chi connectivity index (χ1v) is 6.38. The fraction of sp³-hybridized carbons (Fsp3) is 0.429. The number of pyridine rings is 1. The molecule has 0 amide bonds. The van der Waals surface area contributed by atoms with Crippen LogP contribution in [0.15, 0.2) is 30.7 Å². The summed E-state index contributed by atoms with van der Waals surface area (Å²) >= 11 is 0. The van der Waals surface area contributed by atoms with E-state index in [-0.39, 0.29) is 0 Å². The molecule has 5 heteroatoms. The molecule has 0 aliphatic heterocycles. The van der Waals surface area contributed by atoms with Gasteiger partial charge in [-0.15, -0.1) is 0 Å². The van der Waals surface area contributed by atoms with E-state index in [1.165, 1.54) is 5.56 Å². The van der Waals surface area contributed by atoms with E-state index in [1.807, 2.05) is 37.1 Å². The Hall–Kier alpha value is -1.88. The molecule has 2 aromatic heterocycles. The Morgan fingerprint density at radius 2 is 2.21 bits per heavy atom. The van der Waals surface area contributed by atoms with Crippen LogP contribution < -0.4 is 5.32 Å². The smallest absolute Gasteiger partial charge is 0.0547 e. The molecule has 0 aliphatic rings. The molecule has 0 aliphatic carbocycles. The minimum absolute atomic E-state index is 0.294. The molecule has 5 nitrogen and oxygen atoms in total. The van der Waals surface area contributed by atoms with Crippen LogP contribution in [-0.4, -0.2) is 40.3 Å². The SMILES string of the molecule is Cc1cc(NCC(c2cnn(C)c2)N(C)C)ccn1. The number of nitrogens with one attached hydrogen (secondary N) is 1. The quantitative estimate of drug-likeness (QED) is 0.890. The van der Waals surface area contributed by atoms with Gasteiger partial charge in [0.15, 0.2) is 0 Å². The van der Waals surface area contributed by atoms with Gasteiger partial charge in [-0.3, -0.25) is 9.67 Å². The predicted octanol–water partition coefficient (Wildman–Crippen LogP) is 1.84. The van der Waals surface area contributed by atoms with Crippen molar-refractivity contribution in [1.29, 1.82) is 0 Å². The van der Waals surface area contributed by atoms with Crippen LogP contribution in [0.3, 0.4) is 0 Å². The van der Waals surface area contributed by atoms with Crippen molar-refractivity contribution in [2.24, 2.45) is 7.05 Å². The van der Waals surface area contributed by atoms with Crippen molar-refractivity contribution in [2.75, 3.05) is 26.0 Å². The molecule has 1 N–H and O–H groups in total. The Kier molecular flexibility index (Phi) is 4.16. The number of aromatic nitrogens is 3. The van der Waals surface area contributed by atoms with Crippen LogP contribution in [0.4, 0.5) is 5.69 Å². The molecule has 1 atom stereocenters. The van der Waals surface area contributed by atoms with Crippen molar-refractivity contribution in [1.82, 2.24) is 19.7 Å². The van der Waals surface area contributed by atoms with Gasteiger partial charge in [-0.2, -0.15) is 5.10 Å². The second-order valence-corrected chi connectivity index (χ2v) is 4.99. The lowest BCUT2D eigenvalue weighted by Crippen LogP contribution is -2.26. The average Bonchev–Trinajstić information content (AvgIpc) is 2.76. The lowest BCUT2D eigenvalue weighted by atomic mass is 10.1. The third-order valence-corrected chi connectivity index (χ3v) is 3.13. The van der Waals surface area contributed by atoms with E-state index in [0.29, 0.717) is 6.04 Å². The summed E-state index contributed by atoms with van der Waals surface area (Å²) in [6.45, 7) is 2.83. The fourth-order valence-electron chi connectivity index (χ4n) is 2.08. The fourth-order valence-corrected chi connectivity index (χ4v) is 2.08. The molecule has 2 rings (SSSR count). The molecule has 0 saturated heterocycles. The van der Waals surface area contributed by atoms with Gasteiger partial charge in [-0.05, 0) is 33.2 Å². The van der Waals surface area contributed by atoms with Crippen molar-refractivity contribution in [3.63, 3.8) is 0 Å². The maximum absolute atomic E-state index is 4.24. The third kappa shape index (κ3) is 3.54. The third-order valence-electron chi connectivity index (χ3n) is 3.13. The highest BCUT2D eigenvalue weighted by Crippen LogP contribution is 2.18. The Labute approximate surface area is 114 Å². The zero-order chi connectivity index (χ0) is 13.8. The summed E-state index contributed by atoms with van der Waals surface area (Å²) in [6.07, 6.45) is 5.81. The highest BCUT2D eigenvalue weighted by molar-refractivity contribution is 5.43. The first kappa shape index (κ1) is 13.5. The zero-order valence-electron chi connectivity index (χ0n) is 12.0. The molecule has 102 valence electrons. The van der Waals surface area contributed by atoms with E-state index in [4.69, 9.17) is 0 Å². The summed E-state index contributed by atoms with van der Waals surface area (Å²) in [7, 11) is 6.10. The number of hydrogen-bond donors (Lipinski definition) is 1. The highest BCUT2D eigenvalue weighted by Gasteiger charge is 2.15. The molecule has 19 heavy (non-hydrogen) atoms. The second-order valence-electron chi connectivity index (χ2n) is 4.99. The summed E-state index contributed by atoms with van der Waals surface area (Å²) in [5.74, 6) is 0. The number of anilines is 1. The molecule has 0 radical (unpaired) electrons. The van der Waals surface area contributed by atoms with Crippen LogP contribution in [0.2, 0.25) is 0 Å². The van der Waals surface area contributed by atoms with Gasteiger partial charge in [0.25, 0.3) is 0 Å². The van der Waals surface area contributed by atoms with Crippen LogP contribution in [-0.2, 0) is 7.05 Å². The lowest BCUT2D eigenvalue weighted by Gasteiger charge is -2.24. The first-order valence-electron chi connectivity index (χ1n) is 6.38. The van der Waals surface area contributed by atoms with Crippen LogP contribution in [0.1, 0.15) is 17.3 Å². The number of aryl methyl sites for hydroxylation is 2. The van der Waals surface area contributed by atoms with Gasteiger partial charge in [0.2, 0.25) is 0 Å². The minimum Gasteiger partial charge on any atom is -0.383 e. The molecular weight excluding hydrogens is 238 g/mol. The van der Waals surface area contributed by atoms with E-state index in [1.54, 1.807) is 0 Å². The standard InChI is InChI=1S/C14H21N5/c1-11-7-13(5-6-15-11)16-9-14(18(2)3)12-8-17-19(4)10-12/h5-8,10,14H,9H2,1-4H3,(H,15,16). The van der Waals surface area contributed by atoms with Crippen molar-refractivity contribution < 1.29 is 0 Å². The summed E-state index contributed by atoms with van der Waals surface area (Å²) in [6, 6.07) is 4.33.